The van der Waals surface area contributed by atoms with E-state index in [1.807, 2.05) is 0 Å². The van der Waals surface area contributed by atoms with Crippen LogP contribution in [0.4, 0.5) is 0 Å². The van der Waals surface area contributed by atoms with E-state index in [0.717, 1.165) is 23.8 Å². The van der Waals surface area contributed by atoms with Gasteiger partial charge in [0.2, 0.25) is 0 Å². The molecule has 20 heavy (non-hydrogen) atoms. The second kappa shape index (κ2) is 13.9. The Kier molecular flexibility index (Phi) is 15.5. The third-order valence-electron chi connectivity index (χ3n) is 4.70. The van der Waals surface area contributed by atoms with Crippen molar-refractivity contribution in [2.75, 3.05) is 14.1 Å². The molecule has 124 valence electrons. The minimum Gasteiger partial charge on any atom is -0.307 e. The van der Waals surface area contributed by atoms with Gasteiger partial charge in [0.05, 0.1) is 0 Å². The Balaban J connectivity index is 0. The smallest absolute Gasteiger partial charge is 0.00609 e. The highest BCUT2D eigenvalue weighted by Gasteiger charge is 2.15. The number of hydrogen-bond acceptors (Lipinski definition) is 1. The van der Waals surface area contributed by atoms with Crippen molar-refractivity contribution in [3.8, 4) is 0 Å². The zero-order valence-electron chi connectivity index (χ0n) is 16.0. The van der Waals surface area contributed by atoms with Gasteiger partial charge in [-0.05, 0) is 51.6 Å². The van der Waals surface area contributed by atoms with Crippen LogP contribution in [0.2, 0.25) is 0 Å². The van der Waals surface area contributed by atoms with Crippen LogP contribution >= 0.6 is 0 Å². The summed E-state index contributed by atoms with van der Waals surface area (Å²) in [6, 6.07) is 0.721. The van der Waals surface area contributed by atoms with E-state index in [1.54, 1.807) is 0 Å². The highest BCUT2D eigenvalue weighted by Crippen LogP contribution is 2.25. The number of rotatable bonds is 9. The Morgan fingerprint density at radius 2 is 1.10 bits per heavy atom. The lowest BCUT2D eigenvalue weighted by Crippen LogP contribution is -2.25. The van der Waals surface area contributed by atoms with Gasteiger partial charge >= 0.3 is 0 Å². The Morgan fingerprint density at radius 1 is 0.700 bits per heavy atom. The number of hydrogen-bond donors (Lipinski definition) is 0. The third-order valence-corrected chi connectivity index (χ3v) is 4.70. The maximum atomic E-state index is 2.44. The lowest BCUT2D eigenvalue weighted by Gasteiger charge is -2.25. The van der Waals surface area contributed by atoms with Crippen LogP contribution in [0.25, 0.3) is 0 Å². The van der Waals surface area contributed by atoms with Crippen LogP contribution in [0.5, 0.6) is 0 Å². The molecule has 0 saturated heterocycles. The molecular formula is C19H43N. The van der Waals surface area contributed by atoms with Crippen LogP contribution in [0.15, 0.2) is 0 Å². The lowest BCUT2D eigenvalue weighted by molar-refractivity contribution is 0.251. The molecule has 0 radical (unpaired) electrons. The van der Waals surface area contributed by atoms with Gasteiger partial charge in [0.1, 0.15) is 0 Å². The molecule has 1 nitrogen and oxygen atoms in total. The van der Waals surface area contributed by atoms with E-state index in [4.69, 9.17) is 0 Å². The second-order valence-electron chi connectivity index (χ2n) is 7.14. The third kappa shape index (κ3) is 13.0. The molecule has 0 aromatic rings. The van der Waals surface area contributed by atoms with Crippen LogP contribution in [0, 0.1) is 17.8 Å². The van der Waals surface area contributed by atoms with E-state index < -0.39 is 0 Å². The lowest BCUT2D eigenvalue weighted by atomic mass is 9.85. The highest BCUT2D eigenvalue weighted by atomic mass is 15.1. The molecule has 4 unspecified atom stereocenters. The number of nitrogens with zero attached hydrogens (tertiary/aromatic N) is 1. The molecule has 1 heteroatoms. The molecule has 0 N–H and O–H groups in total. The second-order valence-corrected chi connectivity index (χ2v) is 7.14. The summed E-state index contributed by atoms with van der Waals surface area (Å²) in [5, 5.41) is 0. The van der Waals surface area contributed by atoms with E-state index in [1.165, 1.54) is 38.5 Å². The zero-order valence-corrected chi connectivity index (χ0v) is 16.0. The largest absolute Gasteiger partial charge is 0.307 e. The minimum absolute atomic E-state index is 0.721. The van der Waals surface area contributed by atoms with Gasteiger partial charge in [-0.3, -0.25) is 0 Å². The quantitative estimate of drug-likeness (QED) is 0.485. The van der Waals surface area contributed by atoms with Gasteiger partial charge in [-0.25, -0.2) is 0 Å². The maximum Gasteiger partial charge on any atom is 0.00609 e. The van der Waals surface area contributed by atoms with Crippen molar-refractivity contribution in [3.05, 3.63) is 0 Å². The summed E-state index contributed by atoms with van der Waals surface area (Å²) in [5.74, 6) is 2.67. The first-order chi connectivity index (χ1) is 9.29. The minimum atomic E-state index is 0.721. The van der Waals surface area contributed by atoms with Crippen molar-refractivity contribution < 1.29 is 0 Å². The Morgan fingerprint density at radius 3 is 1.45 bits per heavy atom. The van der Waals surface area contributed by atoms with Gasteiger partial charge in [0, 0.05) is 6.04 Å². The normalized spacial score (nSPS) is 17.1. The molecule has 0 spiro atoms. The summed E-state index contributed by atoms with van der Waals surface area (Å²) in [6.45, 7) is 16.1. The predicted octanol–water partition coefficient (Wildman–Crippen LogP) is 6.23. The van der Waals surface area contributed by atoms with Gasteiger partial charge in [-0.1, -0.05) is 67.2 Å². The summed E-state index contributed by atoms with van der Waals surface area (Å²) in [4.78, 5) is 2.33. The van der Waals surface area contributed by atoms with Gasteiger partial charge in [0.15, 0.2) is 0 Å². The molecule has 0 bridgehead atoms. The molecule has 0 fully saturated rings. The molecule has 0 aliphatic rings. The Bertz CT molecular complexity index is 188. The summed E-state index contributed by atoms with van der Waals surface area (Å²) >= 11 is 0. The van der Waals surface area contributed by atoms with Crippen molar-refractivity contribution in [2.45, 2.75) is 93.0 Å². The van der Waals surface area contributed by atoms with Crippen molar-refractivity contribution in [1.29, 1.82) is 0 Å². The first-order valence-corrected chi connectivity index (χ1v) is 8.96. The van der Waals surface area contributed by atoms with E-state index >= 15 is 0 Å². The van der Waals surface area contributed by atoms with Crippen LogP contribution in [-0.4, -0.2) is 25.0 Å². The Hall–Kier alpha value is -0.0400. The zero-order chi connectivity index (χ0) is 16.1. The monoisotopic (exact) mass is 285 g/mol. The molecule has 0 amide bonds. The molecule has 0 aliphatic heterocycles. The fourth-order valence-electron chi connectivity index (χ4n) is 2.08. The highest BCUT2D eigenvalue weighted by molar-refractivity contribution is 4.67. The van der Waals surface area contributed by atoms with Gasteiger partial charge in [-0.15, -0.1) is 0 Å². The standard InChI is InChI=1S/C16H35N.C3H8/c1-8-13(2)9-10-14(3)15(4)11-12-16(5)17(6)7;1-3-2/h13-16H,8-12H2,1-7H3;3H2,1-2H3. The molecule has 0 heterocycles. The van der Waals surface area contributed by atoms with Crippen LogP contribution in [0.1, 0.15) is 87.0 Å². The van der Waals surface area contributed by atoms with Crippen molar-refractivity contribution in [1.82, 2.24) is 4.90 Å². The molecule has 0 rings (SSSR count). The van der Waals surface area contributed by atoms with E-state index in [0.29, 0.717) is 0 Å². The fourth-order valence-corrected chi connectivity index (χ4v) is 2.08. The molecular weight excluding hydrogens is 242 g/mol. The van der Waals surface area contributed by atoms with E-state index in [2.05, 4.69) is 67.5 Å². The first-order valence-electron chi connectivity index (χ1n) is 8.96. The topological polar surface area (TPSA) is 3.24 Å². The molecule has 0 saturated carbocycles. The molecule has 4 atom stereocenters. The molecule has 0 aromatic heterocycles. The van der Waals surface area contributed by atoms with Gasteiger partial charge < -0.3 is 4.90 Å². The summed E-state index contributed by atoms with van der Waals surface area (Å²) in [7, 11) is 4.36. The average molecular weight is 286 g/mol. The fraction of sp³-hybridized carbons (Fsp3) is 1.00. The van der Waals surface area contributed by atoms with Gasteiger partial charge in [-0.2, -0.15) is 0 Å². The summed E-state index contributed by atoms with van der Waals surface area (Å²) < 4.78 is 0. The van der Waals surface area contributed by atoms with E-state index in [-0.39, 0.29) is 0 Å². The summed E-state index contributed by atoms with van der Waals surface area (Å²) in [6.07, 6.45) is 8.11. The van der Waals surface area contributed by atoms with Crippen LogP contribution in [0.3, 0.4) is 0 Å². The average Bonchev–Trinajstić information content (AvgIpc) is 2.41. The van der Waals surface area contributed by atoms with Crippen molar-refractivity contribution in [2.24, 2.45) is 17.8 Å². The SMILES string of the molecule is CCC.CCC(C)CCC(C)C(C)CCC(C)N(C)C. The summed E-state index contributed by atoms with van der Waals surface area (Å²) in [5.41, 5.74) is 0. The Labute approximate surface area is 130 Å². The van der Waals surface area contributed by atoms with Gasteiger partial charge in [0.25, 0.3) is 0 Å². The first kappa shape index (κ1) is 22.2. The van der Waals surface area contributed by atoms with Crippen LogP contribution in [-0.2, 0) is 0 Å². The van der Waals surface area contributed by atoms with Crippen molar-refractivity contribution in [3.63, 3.8) is 0 Å². The maximum absolute atomic E-state index is 2.44. The molecule has 0 aliphatic carbocycles. The van der Waals surface area contributed by atoms with E-state index in [9.17, 15) is 0 Å². The van der Waals surface area contributed by atoms with Crippen LogP contribution < -0.4 is 0 Å². The van der Waals surface area contributed by atoms with Crippen molar-refractivity contribution >= 4 is 0 Å². The molecule has 0 aromatic carbocycles. The predicted molar refractivity (Wildman–Crippen MR) is 95.4 cm³/mol.